The van der Waals surface area contributed by atoms with Gasteiger partial charge in [0.15, 0.2) is 5.78 Å². The maximum atomic E-state index is 13.9. The molecule has 1 aliphatic heterocycles. The van der Waals surface area contributed by atoms with Gasteiger partial charge >= 0.3 is 12.2 Å². The Morgan fingerprint density at radius 1 is 1.21 bits per heavy atom. The first-order chi connectivity index (χ1) is 15.5. The summed E-state index contributed by atoms with van der Waals surface area (Å²) in [5.74, 6) is -3.48. The van der Waals surface area contributed by atoms with E-state index in [9.17, 15) is 38.0 Å². The third-order valence-electron chi connectivity index (χ3n) is 5.13. The molecule has 0 radical (unpaired) electrons. The Bertz CT molecular complexity index is 1230. The number of alkyl halides is 3. The molecule has 0 unspecified atom stereocenters. The number of nitrogens with one attached hydrogen (secondary N) is 2. The Labute approximate surface area is 187 Å². The van der Waals surface area contributed by atoms with Gasteiger partial charge in [-0.15, -0.1) is 11.3 Å². The van der Waals surface area contributed by atoms with Gasteiger partial charge in [0.25, 0.3) is 5.69 Å². The van der Waals surface area contributed by atoms with Gasteiger partial charge in [0, 0.05) is 17.7 Å². The summed E-state index contributed by atoms with van der Waals surface area (Å²) in [6.07, 6.45) is -5.39. The van der Waals surface area contributed by atoms with Crippen molar-refractivity contribution in [3.05, 3.63) is 74.7 Å². The fourth-order valence-corrected chi connectivity index (χ4v) is 4.30. The standard InChI is InChI=1S/C20H14F3N3O6S/c21-20(22,23)19(29)15(17(27)14-5-2-8-33-14)16(24-18(28)25-19)13-7-6-12(32-13)10-3-1-4-11(9-10)26(30)31/h1-9,15-16,29H,(H2,24,25,28)/t15-,16-,19-/m1/s1. The molecule has 33 heavy (non-hydrogen) atoms. The number of aliphatic hydroxyl groups is 1. The number of nitro benzene ring substituents is 1. The summed E-state index contributed by atoms with van der Waals surface area (Å²) in [7, 11) is 0. The van der Waals surface area contributed by atoms with E-state index < -0.39 is 40.6 Å². The number of Topliss-reactive ketones (excluding diaryl/α,β-unsaturated/α-hetero) is 1. The highest BCUT2D eigenvalue weighted by Crippen LogP contribution is 2.45. The Morgan fingerprint density at radius 3 is 2.61 bits per heavy atom. The third kappa shape index (κ3) is 3.96. The van der Waals surface area contributed by atoms with Crippen LogP contribution < -0.4 is 10.6 Å². The number of furan rings is 1. The zero-order valence-corrected chi connectivity index (χ0v) is 17.1. The van der Waals surface area contributed by atoms with Gasteiger partial charge in [0.1, 0.15) is 23.5 Å². The van der Waals surface area contributed by atoms with Gasteiger partial charge in [-0.1, -0.05) is 18.2 Å². The summed E-state index contributed by atoms with van der Waals surface area (Å²) in [5, 5.41) is 26.7. The van der Waals surface area contributed by atoms with Crippen molar-refractivity contribution in [2.75, 3.05) is 0 Å². The number of halogens is 3. The minimum Gasteiger partial charge on any atom is -0.459 e. The number of rotatable bonds is 5. The maximum Gasteiger partial charge on any atom is 0.437 e. The normalized spacial score (nSPS) is 23.0. The number of nitrogens with zero attached hydrogens (tertiary/aromatic N) is 1. The van der Waals surface area contributed by atoms with Crippen molar-refractivity contribution in [3.63, 3.8) is 0 Å². The predicted molar refractivity (Wildman–Crippen MR) is 108 cm³/mol. The zero-order valence-electron chi connectivity index (χ0n) is 16.3. The SMILES string of the molecule is O=C1N[C@H](c2ccc(-c3cccc([N+](=O)[O-])c3)o2)[C@H](C(=O)c2cccs2)[C@@](O)(C(F)(F)F)N1. The van der Waals surface area contributed by atoms with E-state index in [1.807, 2.05) is 0 Å². The maximum absolute atomic E-state index is 13.9. The first-order valence-corrected chi connectivity index (χ1v) is 10.2. The zero-order chi connectivity index (χ0) is 24.0. The summed E-state index contributed by atoms with van der Waals surface area (Å²) >= 11 is 0.878. The van der Waals surface area contributed by atoms with Crippen molar-refractivity contribution in [2.24, 2.45) is 5.92 Å². The summed E-state index contributed by atoms with van der Waals surface area (Å²) in [4.78, 5) is 35.4. The molecule has 1 aliphatic rings. The molecule has 172 valence electrons. The first-order valence-electron chi connectivity index (χ1n) is 9.31. The number of carbonyl (C=O) groups excluding carboxylic acids is 2. The lowest BCUT2D eigenvalue weighted by Gasteiger charge is -2.44. The van der Waals surface area contributed by atoms with Gasteiger partial charge in [-0.05, 0) is 23.6 Å². The molecule has 0 saturated carbocycles. The van der Waals surface area contributed by atoms with Crippen LogP contribution in [0.3, 0.4) is 0 Å². The van der Waals surface area contributed by atoms with E-state index >= 15 is 0 Å². The summed E-state index contributed by atoms with van der Waals surface area (Å²) in [6.45, 7) is 0. The van der Waals surface area contributed by atoms with E-state index in [1.54, 1.807) is 0 Å². The number of hydrogen-bond acceptors (Lipinski definition) is 7. The molecule has 0 spiro atoms. The van der Waals surface area contributed by atoms with Crippen molar-refractivity contribution >= 4 is 28.8 Å². The van der Waals surface area contributed by atoms with E-state index in [1.165, 1.54) is 59.2 Å². The van der Waals surface area contributed by atoms with Gasteiger partial charge in [-0.3, -0.25) is 14.9 Å². The minimum atomic E-state index is -5.39. The molecule has 3 heterocycles. The third-order valence-corrected chi connectivity index (χ3v) is 6.01. The largest absolute Gasteiger partial charge is 0.459 e. The van der Waals surface area contributed by atoms with E-state index in [4.69, 9.17) is 4.42 Å². The van der Waals surface area contributed by atoms with E-state index in [2.05, 4.69) is 5.32 Å². The van der Waals surface area contributed by atoms with Gasteiger partial charge in [0.05, 0.1) is 9.80 Å². The molecule has 1 aromatic carbocycles. The van der Waals surface area contributed by atoms with Gasteiger partial charge in [-0.25, -0.2) is 4.79 Å². The molecule has 2 aromatic heterocycles. The summed E-state index contributed by atoms with van der Waals surface area (Å²) < 4.78 is 47.3. The summed E-state index contributed by atoms with van der Waals surface area (Å²) in [6, 6.07) is 7.61. The molecule has 2 amide bonds. The lowest BCUT2D eigenvalue weighted by atomic mass is 9.80. The van der Waals surface area contributed by atoms with Crippen LogP contribution in [0, 0.1) is 16.0 Å². The topological polar surface area (TPSA) is 135 Å². The molecular formula is C20H14F3N3O6S. The van der Waals surface area contributed by atoms with Crippen LogP contribution in [0.4, 0.5) is 23.7 Å². The molecule has 3 N–H and O–H groups in total. The quantitative estimate of drug-likeness (QED) is 0.286. The average molecular weight is 481 g/mol. The Morgan fingerprint density at radius 2 is 1.97 bits per heavy atom. The number of nitro groups is 1. The van der Waals surface area contributed by atoms with Crippen LogP contribution in [0.15, 0.2) is 58.3 Å². The van der Waals surface area contributed by atoms with E-state index in [0.29, 0.717) is 0 Å². The number of amides is 2. The van der Waals surface area contributed by atoms with Crippen LogP contribution in [0.2, 0.25) is 0 Å². The lowest BCUT2D eigenvalue weighted by Crippen LogP contribution is -2.72. The van der Waals surface area contributed by atoms with Crippen LogP contribution in [0.1, 0.15) is 21.5 Å². The minimum absolute atomic E-state index is 0.0550. The molecule has 3 aromatic rings. The second-order valence-electron chi connectivity index (χ2n) is 7.17. The van der Waals surface area contributed by atoms with E-state index in [0.717, 1.165) is 11.3 Å². The molecular weight excluding hydrogens is 467 g/mol. The fourth-order valence-electron chi connectivity index (χ4n) is 3.60. The number of thiophene rings is 1. The lowest BCUT2D eigenvalue weighted by molar-refractivity contribution is -0.384. The van der Waals surface area contributed by atoms with Crippen LogP contribution in [-0.2, 0) is 0 Å². The number of non-ortho nitro benzene ring substituents is 1. The van der Waals surface area contributed by atoms with Gasteiger partial charge in [-0.2, -0.15) is 13.2 Å². The molecule has 1 saturated heterocycles. The van der Waals surface area contributed by atoms with Crippen molar-refractivity contribution in [1.82, 2.24) is 10.6 Å². The smallest absolute Gasteiger partial charge is 0.437 e. The molecule has 0 bridgehead atoms. The highest BCUT2D eigenvalue weighted by molar-refractivity contribution is 7.12. The molecule has 13 heteroatoms. The Balaban J connectivity index is 1.79. The number of hydrogen-bond donors (Lipinski definition) is 3. The fraction of sp³-hybridized carbons (Fsp3) is 0.200. The highest BCUT2D eigenvalue weighted by Gasteiger charge is 2.67. The number of ketones is 1. The first kappa shape index (κ1) is 22.5. The van der Waals surface area contributed by atoms with E-state index in [-0.39, 0.29) is 27.6 Å². The highest BCUT2D eigenvalue weighted by atomic mass is 32.1. The molecule has 1 fully saturated rings. The van der Waals surface area contributed by atoms with Gasteiger partial charge < -0.3 is 20.2 Å². The second kappa shape index (κ2) is 8.01. The van der Waals surface area contributed by atoms with Crippen molar-refractivity contribution in [2.45, 2.75) is 17.9 Å². The van der Waals surface area contributed by atoms with Crippen molar-refractivity contribution < 1.29 is 37.2 Å². The van der Waals surface area contributed by atoms with Crippen molar-refractivity contribution in [3.8, 4) is 11.3 Å². The number of benzene rings is 1. The monoisotopic (exact) mass is 481 g/mol. The van der Waals surface area contributed by atoms with Crippen LogP contribution >= 0.6 is 11.3 Å². The molecule has 9 nitrogen and oxygen atoms in total. The molecule has 3 atom stereocenters. The van der Waals surface area contributed by atoms with Crippen LogP contribution in [-0.4, -0.2) is 33.7 Å². The predicted octanol–water partition coefficient (Wildman–Crippen LogP) is 4.02. The molecule has 4 rings (SSSR count). The number of urea groups is 1. The number of carbonyl (C=O) groups is 2. The van der Waals surface area contributed by atoms with Crippen LogP contribution in [0.25, 0.3) is 11.3 Å². The summed E-state index contributed by atoms with van der Waals surface area (Å²) in [5.41, 5.74) is -3.86. The Kier molecular flexibility index (Phi) is 5.46. The molecule has 0 aliphatic carbocycles. The Hall–Kier alpha value is -3.71. The average Bonchev–Trinajstić information content (AvgIpc) is 3.44. The van der Waals surface area contributed by atoms with Crippen LogP contribution in [0.5, 0.6) is 0 Å². The van der Waals surface area contributed by atoms with Crippen molar-refractivity contribution in [1.29, 1.82) is 0 Å². The second-order valence-corrected chi connectivity index (χ2v) is 8.12. The van der Waals surface area contributed by atoms with Gasteiger partial charge in [0.2, 0.25) is 5.72 Å².